The largest absolute Gasteiger partial charge is 0.398 e. The van der Waals surface area contributed by atoms with Crippen molar-refractivity contribution in [2.24, 2.45) is 0 Å². The first kappa shape index (κ1) is 15.0. The van der Waals surface area contributed by atoms with Crippen LogP contribution < -0.4 is 5.73 Å². The Balaban J connectivity index is 3.07. The van der Waals surface area contributed by atoms with Crippen LogP contribution in [0.25, 0.3) is 0 Å². The number of amides is 1. The second kappa shape index (κ2) is 6.78. The number of nitrogens with two attached hydrogens (primary N) is 1. The highest BCUT2D eigenvalue weighted by Crippen LogP contribution is 2.24. The predicted octanol–water partition coefficient (Wildman–Crippen LogP) is 3.60. The quantitative estimate of drug-likeness (QED) is 0.844. The molecule has 4 heteroatoms. The molecule has 0 bridgehead atoms. The SMILES string of the molecule is CCCN(CCC)C(=O)c1cc(Br)cc(N)c1C. The topological polar surface area (TPSA) is 46.3 Å². The molecule has 1 aromatic carbocycles. The van der Waals surface area contributed by atoms with Crippen molar-refractivity contribution in [1.29, 1.82) is 0 Å². The minimum absolute atomic E-state index is 0.0733. The Kier molecular flexibility index (Phi) is 5.66. The summed E-state index contributed by atoms with van der Waals surface area (Å²) in [6.45, 7) is 7.64. The summed E-state index contributed by atoms with van der Waals surface area (Å²) in [5, 5.41) is 0. The van der Waals surface area contributed by atoms with Crippen molar-refractivity contribution in [3.63, 3.8) is 0 Å². The van der Waals surface area contributed by atoms with Crippen molar-refractivity contribution in [3.8, 4) is 0 Å². The average molecular weight is 313 g/mol. The molecule has 0 radical (unpaired) electrons. The van der Waals surface area contributed by atoms with E-state index >= 15 is 0 Å². The zero-order valence-corrected chi connectivity index (χ0v) is 12.9. The molecule has 2 N–H and O–H groups in total. The van der Waals surface area contributed by atoms with E-state index in [4.69, 9.17) is 5.73 Å². The molecule has 0 fully saturated rings. The standard InChI is InChI=1S/C14H21BrN2O/c1-4-6-17(7-5-2)14(18)12-8-11(15)9-13(16)10(12)3/h8-9H,4-7,16H2,1-3H3. The molecule has 0 aliphatic carbocycles. The normalized spacial score (nSPS) is 10.4. The maximum atomic E-state index is 12.5. The van der Waals surface area contributed by atoms with E-state index in [1.807, 2.05) is 24.0 Å². The van der Waals surface area contributed by atoms with E-state index in [1.54, 1.807) is 0 Å². The molecule has 0 saturated carbocycles. The molecule has 0 atom stereocenters. The third-order valence-corrected chi connectivity index (χ3v) is 3.38. The highest BCUT2D eigenvalue weighted by molar-refractivity contribution is 9.10. The molecule has 1 aromatic rings. The fraction of sp³-hybridized carbons (Fsp3) is 0.500. The highest BCUT2D eigenvalue weighted by Gasteiger charge is 2.18. The number of rotatable bonds is 5. The van der Waals surface area contributed by atoms with Crippen molar-refractivity contribution in [1.82, 2.24) is 4.90 Å². The number of anilines is 1. The molecule has 0 spiro atoms. The fourth-order valence-corrected chi connectivity index (χ4v) is 2.42. The monoisotopic (exact) mass is 312 g/mol. The molecule has 0 aliphatic rings. The van der Waals surface area contributed by atoms with Gasteiger partial charge in [-0.05, 0) is 37.5 Å². The third kappa shape index (κ3) is 3.48. The molecule has 0 aliphatic heterocycles. The number of hydrogen-bond acceptors (Lipinski definition) is 2. The van der Waals surface area contributed by atoms with Gasteiger partial charge in [-0.3, -0.25) is 4.79 Å². The number of nitrogens with zero attached hydrogens (tertiary/aromatic N) is 1. The summed E-state index contributed by atoms with van der Waals surface area (Å²) in [6, 6.07) is 3.68. The van der Waals surface area contributed by atoms with Gasteiger partial charge in [-0.2, -0.15) is 0 Å². The van der Waals surface area contributed by atoms with Gasteiger partial charge >= 0.3 is 0 Å². The molecule has 0 aromatic heterocycles. The number of carbonyl (C=O) groups excluding carboxylic acids is 1. The number of halogens is 1. The summed E-state index contributed by atoms with van der Waals surface area (Å²) in [5.41, 5.74) is 8.12. The Morgan fingerprint density at radius 1 is 1.28 bits per heavy atom. The van der Waals surface area contributed by atoms with Crippen LogP contribution in [0, 0.1) is 6.92 Å². The van der Waals surface area contributed by atoms with Gasteiger partial charge in [0.05, 0.1) is 0 Å². The van der Waals surface area contributed by atoms with Crippen molar-refractivity contribution in [3.05, 3.63) is 27.7 Å². The second-order valence-corrected chi connectivity index (χ2v) is 5.38. The van der Waals surface area contributed by atoms with E-state index in [9.17, 15) is 4.79 Å². The molecule has 0 unspecified atom stereocenters. The van der Waals surface area contributed by atoms with Gasteiger partial charge in [0, 0.05) is 28.8 Å². The van der Waals surface area contributed by atoms with Crippen LogP contribution in [0.2, 0.25) is 0 Å². The van der Waals surface area contributed by atoms with Gasteiger partial charge in [0.15, 0.2) is 0 Å². The Labute approximate surface area is 117 Å². The van der Waals surface area contributed by atoms with Gasteiger partial charge in [0.1, 0.15) is 0 Å². The van der Waals surface area contributed by atoms with Gasteiger partial charge in [0.2, 0.25) is 0 Å². The van der Waals surface area contributed by atoms with Gasteiger partial charge in [-0.25, -0.2) is 0 Å². The van der Waals surface area contributed by atoms with Gasteiger partial charge in [0.25, 0.3) is 5.91 Å². The first-order valence-corrected chi connectivity index (χ1v) is 7.15. The first-order chi connectivity index (χ1) is 8.51. The van der Waals surface area contributed by atoms with Crippen molar-refractivity contribution in [2.75, 3.05) is 18.8 Å². The summed E-state index contributed by atoms with van der Waals surface area (Å²) in [7, 11) is 0. The smallest absolute Gasteiger partial charge is 0.254 e. The van der Waals surface area contributed by atoms with Crippen LogP contribution in [0.1, 0.15) is 42.6 Å². The van der Waals surface area contributed by atoms with E-state index < -0.39 is 0 Å². The summed E-state index contributed by atoms with van der Waals surface area (Å²) < 4.78 is 0.849. The van der Waals surface area contributed by atoms with Crippen LogP contribution in [0.4, 0.5) is 5.69 Å². The Morgan fingerprint density at radius 3 is 2.33 bits per heavy atom. The maximum absolute atomic E-state index is 12.5. The lowest BCUT2D eigenvalue weighted by Crippen LogP contribution is -2.33. The number of nitrogen functional groups attached to an aromatic ring is 1. The second-order valence-electron chi connectivity index (χ2n) is 4.46. The summed E-state index contributed by atoms with van der Waals surface area (Å²) >= 11 is 3.39. The molecule has 100 valence electrons. The predicted molar refractivity (Wildman–Crippen MR) is 79.8 cm³/mol. The Morgan fingerprint density at radius 2 is 1.83 bits per heavy atom. The van der Waals surface area contributed by atoms with Gasteiger partial charge in [-0.1, -0.05) is 29.8 Å². The Bertz CT molecular complexity index is 426. The van der Waals surface area contributed by atoms with E-state index in [-0.39, 0.29) is 5.91 Å². The highest BCUT2D eigenvalue weighted by atomic mass is 79.9. The zero-order valence-electron chi connectivity index (χ0n) is 11.3. The lowest BCUT2D eigenvalue weighted by atomic mass is 10.1. The lowest BCUT2D eigenvalue weighted by Gasteiger charge is -2.23. The Hall–Kier alpha value is -1.03. The number of benzene rings is 1. The first-order valence-electron chi connectivity index (χ1n) is 6.36. The van der Waals surface area contributed by atoms with E-state index in [0.717, 1.165) is 36.0 Å². The lowest BCUT2D eigenvalue weighted by molar-refractivity contribution is 0.0755. The molecule has 0 saturated heterocycles. The van der Waals surface area contributed by atoms with Crippen molar-refractivity contribution in [2.45, 2.75) is 33.6 Å². The summed E-state index contributed by atoms with van der Waals surface area (Å²) in [4.78, 5) is 14.4. The molecule has 18 heavy (non-hydrogen) atoms. The zero-order chi connectivity index (χ0) is 13.7. The number of carbonyl (C=O) groups is 1. The summed E-state index contributed by atoms with van der Waals surface area (Å²) in [6.07, 6.45) is 1.93. The van der Waals surface area contributed by atoms with E-state index in [2.05, 4.69) is 29.8 Å². The van der Waals surface area contributed by atoms with Crippen LogP contribution in [0.15, 0.2) is 16.6 Å². The van der Waals surface area contributed by atoms with Crippen LogP contribution in [-0.2, 0) is 0 Å². The molecule has 1 amide bonds. The minimum atomic E-state index is 0.0733. The van der Waals surface area contributed by atoms with E-state index in [1.165, 1.54) is 0 Å². The van der Waals surface area contributed by atoms with Crippen molar-refractivity contribution < 1.29 is 4.79 Å². The average Bonchev–Trinajstić information content (AvgIpc) is 2.32. The van der Waals surface area contributed by atoms with Crippen LogP contribution in [0.3, 0.4) is 0 Å². The maximum Gasteiger partial charge on any atom is 0.254 e. The minimum Gasteiger partial charge on any atom is -0.398 e. The third-order valence-electron chi connectivity index (χ3n) is 2.92. The molecule has 0 heterocycles. The molecular formula is C14H21BrN2O. The van der Waals surface area contributed by atoms with Crippen LogP contribution in [-0.4, -0.2) is 23.9 Å². The van der Waals surface area contributed by atoms with E-state index in [0.29, 0.717) is 11.3 Å². The molecule has 3 nitrogen and oxygen atoms in total. The fourth-order valence-electron chi connectivity index (χ4n) is 1.95. The van der Waals surface area contributed by atoms with Gasteiger partial charge in [-0.15, -0.1) is 0 Å². The van der Waals surface area contributed by atoms with Crippen LogP contribution in [0.5, 0.6) is 0 Å². The molecular weight excluding hydrogens is 292 g/mol. The number of hydrogen-bond donors (Lipinski definition) is 1. The molecule has 1 rings (SSSR count). The van der Waals surface area contributed by atoms with Crippen LogP contribution >= 0.6 is 15.9 Å². The van der Waals surface area contributed by atoms with Crippen molar-refractivity contribution >= 4 is 27.5 Å². The van der Waals surface area contributed by atoms with Gasteiger partial charge < -0.3 is 10.6 Å². The summed E-state index contributed by atoms with van der Waals surface area (Å²) in [5.74, 6) is 0.0733.